The number of aldehydes is 1. The van der Waals surface area contributed by atoms with Crippen LogP contribution in [0.3, 0.4) is 0 Å². The van der Waals surface area contributed by atoms with E-state index >= 15 is 0 Å². The fraction of sp³-hybridized carbons (Fsp3) is 0.143. The zero-order valence-corrected chi connectivity index (χ0v) is 9.37. The maximum Gasteiger partial charge on any atom is 0.219 e. The van der Waals surface area contributed by atoms with Crippen molar-refractivity contribution in [2.75, 3.05) is 0 Å². The van der Waals surface area contributed by atoms with Gasteiger partial charge in [-0.1, -0.05) is 24.3 Å². The van der Waals surface area contributed by atoms with Gasteiger partial charge in [0.25, 0.3) is 0 Å². The molecule has 1 aromatic carbocycles. The van der Waals surface area contributed by atoms with Gasteiger partial charge in [0.2, 0.25) is 5.88 Å². The molecule has 1 aromatic heterocycles. The number of benzene rings is 1. The van der Waals surface area contributed by atoms with Crippen LogP contribution in [-0.2, 0) is 11.2 Å². The third kappa shape index (κ3) is 3.41. The second-order valence-electron chi connectivity index (χ2n) is 3.63. The van der Waals surface area contributed by atoms with E-state index in [4.69, 9.17) is 4.74 Å². The van der Waals surface area contributed by atoms with Crippen molar-refractivity contribution in [1.82, 2.24) is 4.98 Å². The Morgan fingerprint density at radius 1 is 1.12 bits per heavy atom. The molecule has 0 atom stereocenters. The summed E-state index contributed by atoms with van der Waals surface area (Å²) >= 11 is 0. The lowest BCUT2D eigenvalue weighted by Crippen LogP contribution is -1.91. The molecule has 0 unspecified atom stereocenters. The first kappa shape index (κ1) is 11.3. The number of hydrogen-bond donors (Lipinski definition) is 0. The first-order valence-corrected chi connectivity index (χ1v) is 5.50. The van der Waals surface area contributed by atoms with E-state index in [0.717, 1.165) is 24.0 Å². The smallest absolute Gasteiger partial charge is 0.219 e. The number of carbonyl (C=O) groups is 1. The third-order valence-electron chi connectivity index (χ3n) is 2.31. The first-order valence-electron chi connectivity index (χ1n) is 5.50. The minimum absolute atomic E-state index is 0.528. The highest BCUT2D eigenvalue weighted by Crippen LogP contribution is 2.18. The number of para-hydroxylation sites is 1. The van der Waals surface area contributed by atoms with E-state index in [1.165, 1.54) is 0 Å². The van der Waals surface area contributed by atoms with Crippen molar-refractivity contribution in [3.63, 3.8) is 0 Å². The van der Waals surface area contributed by atoms with Crippen LogP contribution >= 0.6 is 0 Å². The van der Waals surface area contributed by atoms with Gasteiger partial charge in [-0.25, -0.2) is 4.98 Å². The van der Waals surface area contributed by atoms with E-state index in [9.17, 15) is 4.79 Å². The van der Waals surface area contributed by atoms with Gasteiger partial charge in [-0.15, -0.1) is 0 Å². The van der Waals surface area contributed by atoms with Crippen molar-refractivity contribution in [1.29, 1.82) is 0 Å². The van der Waals surface area contributed by atoms with Crippen LogP contribution in [0.15, 0.2) is 48.7 Å². The summed E-state index contributed by atoms with van der Waals surface area (Å²) in [5, 5.41) is 0. The van der Waals surface area contributed by atoms with E-state index in [0.29, 0.717) is 12.3 Å². The normalized spacial score (nSPS) is 9.88. The molecule has 0 bridgehead atoms. The fourth-order valence-corrected chi connectivity index (χ4v) is 1.45. The van der Waals surface area contributed by atoms with Gasteiger partial charge in [-0.05, 0) is 24.1 Å². The van der Waals surface area contributed by atoms with E-state index in [-0.39, 0.29) is 0 Å². The van der Waals surface area contributed by atoms with Crippen LogP contribution < -0.4 is 4.74 Å². The summed E-state index contributed by atoms with van der Waals surface area (Å²) in [6.07, 6.45) is 3.90. The summed E-state index contributed by atoms with van der Waals surface area (Å²) in [6.45, 7) is 0. The molecular formula is C14H13NO2. The Kier molecular flexibility index (Phi) is 3.86. The van der Waals surface area contributed by atoms with Crippen LogP contribution in [0, 0.1) is 0 Å². The minimum atomic E-state index is 0.528. The van der Waals surface area contributed by atoms with Crippen molar-refractivity contribution >= 4 is 6.29 Å². The molecule has 0 radical (unpaired) electrons. The Morgan fingerprint density at radius 2 is 1.94 bits per heavy atom. The maximum absolute atomic E-state index is 10.2. The Labute approximate surface area is 100 Å². The second kappa shape index (κ2) is 5.80. The number of aryl methyl sites for hydroxylation is 1. The van der Waals surface area contributed by atoms with Gasteiger partial charge in [-0.2, -0.15) is 0 Å². The molecule has 0 N–H and O–H groups in total. The molecule has 3 heteroatoms. The van der Waals surface area contributed by atoms with Crippen LogP contribution in [0.5, 0.6) is 11.6 Å². The molecule has 0 spiro atoms. The molecule has 3 nitrogen and oxygen atoms in total. The molecule has 0 saturated heterocycles. The van der Waals surface area contributed by atoms with Gasteiger partial charge in [0.05, 0.1) is 0 Å². The SMILES string of the molecule is O=CCCc1ccc(Oc2ccccc2)nc1. The number of nitrogens with zero attached hydrogens (tertiary/aromatic N) is 1. The number of hydrogen-bond acceptors (Lipinski definition) is 3. The lowest BCUT2D eigenvalue weighted by Gasteiger charge is -2.04. The summed E-state index contributed by atoms with van der Waals surface area (Å²) < 4.78 is 5.56. The van der Waals surface area contributed by atoms with Crippen LogP contribution in [0.25, 0.3) is 0 Å². The maximum atomic E-state index is 10.2. The molecular weight excluding hydrogens is 214 g/mol. The van der Waals surface area contributed by atoms with E-state index in [1.807, 2.05) is 42.5 Å². The highest BCUT2D eigenvalue weighted by Gasteiger charge is 1.98. The standard InChI is InChI=1S/C14H13NO2/c16-10-4-5-12-8-9-14(15-11-12)17-13-6-2-1-3-7-13/h1-3,6-11H,4-5H2. The second-order valence-corrected chi connectivity index (χ2v) is 3.63. The number of rotatable bonds is 5. The van der Waals surface area contributed by atoms with Crippen LogP contribution in [0.4, 0.5) is 0 Å². The number of ether oxygens (including phenoxy) is 1. The summed E-state index contributed by atoms with van der Waals surface area (Å²) in [7, 11) is 0. The molecule has 0 saturated carbocycles. The van der Waals surface area contributed by atoms with Crippen LogP contribution in [-0.4, -0.2) is 11.3 Å². The van der Waals surface area contributed by atoms with Gasteiger partial charge >= 0.3 is 0 Å². The molecule has 0 aliphatic heterocycles. The quantitative estimate of drug-likeness (QED) is 0.737. The number of pyridine rings is 1. The van der Waals surface area contributed by atoms with Crippen molar-refractivity contribution in [3.05, 3.63) is 54.2 Å². The molecule has 2 aromatic rings. The topological polar surface area (TPSA) is 39.2 Å². The summed E-state index contributed by atoms with van der Waals surface area (Å²) in [4.78, 5) is 14.4. The van der Waals surface area contributed by atoms with Crippen molar-refractivity contribution < 1.29 is 9.53 Å². The molecule has 0 aliphatic carbocycles. The van der Waals surface area contributed by atoms with E-state index in [1.54, 1.807) is 6.20 Å². The van der Waals surface area contributed by atoms with Gasteiger partial charge in [0.1, 0.15) is 12.0 Å². The molecule has 0 amide bonds. The Morgan fingerprint density at radius 3 is 2.59 bits per heavy atom. The zero-order chi connectivity index (χ0) is 11.9. The largest absolute Gasteiger partial charge is 0.439 e. The Hall–Kier alpha value is -2.16. The highest BCUT2D eigenvalue weighted by atomic mass is 16.5. The monoisotopic (exact) mass is 227 g/mol. The Balaban J connectivity index is 2.01. The van der Waals surface area contributed by atoms with Crippen LogP contribution in [0.2, 0.25) is 0 Å². The molecule has 86 valence electrons. The lowest BCUT2D eigenvalue weighted by atomic mass is 10.2. The zero-order valence-electron chi connectivity index (χ0n) is 9.37. The average Bonchev–Trinajstić information content (AvgIpc) is 2.39. The van der Waals surface area contributed by atoms with Crippen LogP contribution in [0.1, 0.15) is 12.0 Å². The predicted octanol–water partition coefficient (Wildman–Crippen LogP) is 3.01. The molecule has 17 heavy (non-hydrogen) atoms. The molecule has 2 rings (SSSR count). The van der Waals surface area contributed by atoms with E-state index < -0.39 is 0 Å². The first-order chi connectivity index (χ1) is 8.38. The number of aromatic nitrogens is 1. The fourth-order valence-electron chi connectivity index (χ4n) is 1.45. The van der Waals surface area contributed by atoms with Crippen molar-refractivity contribution in [2.24, 2.45) is 0 Å². The minimum Gasteiger partial charge on any atom is -0.439 e. The summed E-state index contributed by atoms with van der Waals surface area (Å²) in [5.74, 6) is 1.33. The number of carbonyl (C=O) groups excluding carboxylic acids is 1. The van der Waals surface area contributed by atoms with Gasteiger partial charge in [-0.3, -0.25) is 0 Å². The molecule has 1 heterocycles. The van der Waals surface area contributed by atoms with E-state index in [2.05, 4.69) is 4.98 Å². The van der Waals surface area contributed by atoms with Gasteiger partial charge < -0.3 is 9.53 Å². The lowest BCUT2D eigenvalue weighted by molar-refractivity contribution is -0.107. The van der Waals surface area contributed by atoms with Gasteiger partial charge in [0.15, 0.2) is 0 Å². The summed E-state index contributed by atoms with van der Waals surface area (Å²) in [6, 6.07) is 13.2. The average molecular weight is 227 g/mol. The predicted molar refractivity (Wildman–Crippen MR) is 65.1 cm³/mol. The van der Waals surface area contributed by atoms with Crippen molar-refractivity contribution in [2.45, 2.75) is 12.8 Å². The van der Waals surface area contributed by atoms with Gasteiger partial charge in [0, 0.05) is 18.7 Å². The van der Waals surface area contributed by atoms with Crippen molar-refractivity contribution in [3.8, 4) is 11.6 Å². The summed E-state index contributed by atoms with van der Waals surface area (Å²) in [5.41, 5.74) is 1.04. The molecule has 0 aliphatic rings. The Bertz CT molecular complexity index is 465. The molecule has 0 fully saturated rings. The third-order valence-corrected chi connectivity index (χ3v) is 2.31. The highest BCUT2D eigenvalue weighted by molar-refractivity contribution is 5.50.